The lowest BCUT2D eigenvalue weighted by molar-refractivity contribution is -0.163. The summed E-state index contributed by atoms with van der Waals surface area (Å²) >= 11 is 6.02. The van der Waals surface area contributed by atoms with Crippen LogP contribution in [0.25, 0.3) is 10.8 Å². The molecule has 2 fully saturated rings. The predicted octanol–water partition coefficient (Wildman–Crippen LogP) is 2.11. The highest BCUT2D eigenvalue weighted by Crippen LogP contribution is 2.29. The number of carbonyl (C=O) groups excluding carboxylic acids is 3. The molecule has 2 aliphatic rings. The lowest BCUT2D eigenvalue weighted by atomic mass is 10.0. The van der Waals surface area contributed by atoms with Crippen molar-refractivity contribution < 1.29 is 27.6 Å². The Morgan fingerprint density at radius 3 is 2.38 bits per heavy atom. The number of hydroxylamine groups is 1. The summed E-state index contributed by atoms with van der Waals surface area (Å²) in [7, 11) is -0.353. The fourth-order valence-corrected chi connectivity index (χ4v) is 6.65. The van der Waals surface area contributed by atoms with Crippen molar-refractivity contribution in [1.29, 1.82) is 0 Å². The number of halogens is 1. The molecule has 2 aromatic rings. The Hall–Kier alpha value is -2.73. The van der Waals surface area contributed by atoms with Crippen molar-refractivity contribution in [3.63, 3.8) is 0 Å². The molecule has 10 nitrogen and oxygen atoms in total. The number of hydrogen-bond acceptors (Lipinski definition) is 7. The van der Waals surface area contributed by atoms with E-state index in [1.54, 1.807) is 36.1 Å². The molecule has 12 heteroatoms. The Bertz CT molecular complexity index is 1300. The summed E-state index contributed by atoms with van der Waals surface area (Å²) in [5.74, 6) is -0.757. The average molecular weight is 551 g/mol. The first-order valence-corrected chi connectivity index (χ1v) is 14.0. The smallest absolute Gasteiger partial charge is 0.314 e. The summed E-state index contributed by atoms with van der Waals surface area (Å²) in [6.07, 6.45) is 1.77. The van der Waals surface area contributed by atoms with Crippen molar-refractivity contribution in [1.82, 2.24) is 19.2 Å². The first kappa shape index (κ1) is 27.3. The molecule has 0 aromatic heterocycles. The van der Waals surface area contributed by atoms with Gasteiger partial charge < -0.3 is 19.5 Å². The van der Waals surface area contributed by atoms with Crippen molar-refractivity contribution in [2.75, 3.05) is 33.7 Å². The quantitative estimate of drug-likeness (QED) is 0.366. The van der Waals surface area contributed by atoms with Gasteiger partial charge in [0.05, 0.1) is 4.90 Å². The molecular weight excluding hydrogens is 520 g/mol. The summed E-state index contributed by atoms with van der Waals surface area (Å²) in [6, 6.07) is 7.79. The number of carbonyl (C=O) groups is 3. The maximum absolute atomic E-state index is 13.5. The minimum absolute atomic E-state index is 0.0161. The number of likely N-dealkylation sites (tertiary alicyclic amines) is 2. The number of hydrogen-bond donors (Lipinski definition) is 0. The Balaban J connectivity index is 1.52. The summed E-state index contributed by atoms with van der Waals surface area (Å²) in [4.78, 5) is 47.8. The molecule has 2 heterocycles. The van der Waals surface area contributed by atoms with Gasteiger partial charge in [-0.15, -0.1) is 0 Å². The van der Waals surface area contributed by atoms with Crippen LogP contribution in [-0.2, 0) is 29.2 Å². The minimum Gasteiger partial charge on any atom is -0.355 e. The molecule has 0 N–H and O–H groups in total. The van der Waals surface area contributed by atoms with Crippen LogP contribution in [0.4, 0.5) is 0 Å². The van der Waals surface area contributed by atoms with Gasteiger partial charge in [0.2, 0.25) is 11.8 Å². The third-order valence-electron chi connectivity index (χ3n) is 7.25. The van der Waals surface area contributed by atoms with Gasteiger partial charge in [0.25, 0.3) is 10.0 Å². The fraction of sp³-hybridized carbons (Fsp3) is 0.480. The molecule has 2 amide bonds. The molecule has 0 radical (unpaired) electrons. The fourth-order valence-electron chi connectivity index (χ4n) is 5.07. The van der Waals surface area contributed by atoms with Crippen LogP contribution < -0.4 is 0 Å². The van der Waals surface area contributed by atoms with Gasteiger partial charge in [0.1, 0.15) is 12.1 Å². The molecule has 0 bridgehead atoms. The van der Waals surface area contributed by atoms with Crippen LogP contribution in [-0.4, -0.2) is 97.7 Å². The Morgan fingerprint density at radius 2 is 1.73 bits per heavy atom. The number of piperidine rings is 1. The van der Waals surface area contributed by atoms with Crippen molar-refractivity contribution >= 4 is 50.7 Å². The van der Waals surface area contributed by atoms with Gasteiger partial charge >= 0.3 is 6.47 Å². The first-order valence-electron chi connectivity index (χ1n) is 12.1. The van der Waals surface area contributed by atoms with E-state index in [0.29, 0.717) is 34.0 Å². The summed E-state index contributed by atoms with van der Waals surface area (Å²) in [5.41, 5.74) is 0. The average Bonchev–Trinajstić information content (AvgIpc) is 3.26. The lowest BCUT2D eigenvalue weighted by Crippen LogP contribution is -2.53. The second kappa shape index (κ2) is 10.9. The number of amides is 2. The highest BCUT2D eigenvalue weighted by Gasteiger charge is 2.47. The molecule has 0 aliphatic carbocycles. The maximum atomic E-state index is 13.5. The third-order valence-corrected chi connectivity index (χ3v) is 9.15. The van der Waals surface area contributed by atoms with Gasteiger partial charge in [-0.05, 0) is 79.8 Å². The van der Waals surface area contributed by atoms with Crippen LogP contribution >= 0.6 is 11.6 Å². The number of rotatable bonds is 8. The van der Waals surface area contributed by atoms with E-state index >= 15 is 0 Å². The van der Waals surface area contributed by atoms with Crippen molar-refractivity contribution in [3.8, 4) is 0 Å². The molecule has 0 saturated carbocycles. The third kappa shape index (κ3) is 5.45. The Labute approximate surface area is 221 Å². The standard InChI is InChI=1S/C25H31ClN4O6S/c1-17(24(32)28-11-8-21(9-12-28)27(2)3)29-13-10-23(25(29)33)30(36-16-31)37(34,35)22-7-5-18-14-20(26)6-4-19(18)15-22/h4-7,14-17,21,23H,8-13H2,1-3H3/t17-,23?/m0/s1. The zero-order valence-electron chi connectivity index (χ0n) is 21.0. The van der Waals surface area contributed by atoms with Crippen LogP contribution in [0.5, 0.6) is 0 Å². The van der Waals surface area contributed by atoms with Gasteiger partial charge in [-0.3, -0.25) is 14.4 Å². The second-order valence-corrected chi connectivity index (χ2v) is 11.9. The highest BCUT2D eigenvalue weighted by atomic mass is 35.5. The molecule has 4 rings (SSSR count). The van der Waals surface area contributed by atoms with E-state index in [1.165, 1.54) is 17.0 Å². The van der Waals surface area contributed by atoms with Gasteiger partial charge in [-0.1, -0.05) is 23.7 Å². The minimum atomic E-state index is -4.39. The van der Waals surface area contributed by atoms with Gasteiger partial charge in [0, 0.05) is 30.7 Å². The molecule has 2 aromatic carbocycles. The zero-order chi connectivity index (χ0) is 26.9. The van der Waals surface area contributed by atoms with Crippen LogP contribution in [0, 0.1) is 0 Å². The highest BCUT2D eigenvalue weighted by molar-refractivity contribution is 7.89. The monoisotopic (exact) mass is 550 g/mol. The Kier molecular flexibility index (Phi) is 8.08. The van der Waals surface area contributed by atoms with Crippen LogP contribution in [0.15, 0.2) is 41.3 Å². The first-order chi connectivity index (χ1) is 17.5. The largest absolute Gasteiger partial charge is 0.355 e. The van der Waals surface area contributed by atoms with Crippen molar-refractivity contribution in [3.05, 3.63) is 41.4 Å². The molecule has 2 atom stereocenters. The van der Waals surface area contributed by atoms with Gasteiger partial charge in [-0.25, -0.2) is 8.42 Å². The topological polar surface area (TPSA) is 108 Å². The van der Waals surface area contributed by atoms with E-state index in [0.717, 1.165) is 18.2 Å². The lowest BCUT2D eigenvalue weighted by Gasteiger charge is -2.37. The summed E-state index contributed by atoms with van der Waals surface area (Å²) in [6.45, 7) is 2.99. The Morgan fingerprint density at radius 1 is 1.08 bits per heavy atom. The van der Waals surface area contributed by atoms with Crippen LogP contribution in [0.2, 0.25) is 5.02 Å². The molecule has 2 saturated heterocycles. The maximum Gasteiger partial charge on any atom is 0.314 e. The molecule has 2 aliphatic heterocycles. The number of nitrogens with zero attached hydrogens (tertiary/aromatic N) is 4. The van der Waals surface area contributed by atoms with Crippen molar-refractivity contribution in [2.45, 2.75) is 49.2 Å². The van der Waals surface area contributed by atoms with E-state index in [-0.39, 0.29) is 30.2 Å². The molecular formula is C25H31ClN4O6S. The van der Waals surface area contributed by atoms with E-state index in [4.69, 9.17) is 16.4 Å². The van der Waals surface area contributed by atoms with E-state index < -0.39 is 28.0 Å². The number of benzene rings is 2. The SMILES string of the molecule is C[C@@H](C(=O)N1CCC(N(C)C)CC1)N1CCC(N(OC=O)S(=O)(=O)c2ccc3cc(Cl)ccc3c2)C1=O. The number of fused-ring (bicyclic) bond motifs is 1. The summed E-state index contributed by atoms with van der Waals surface area (Å²) in [5, 5.41) is 1.86. The van der Waals surface area contributed by atoms with Crippen molar-refractivity contribution in [2.24, 2.45) is 0 Å². The van der Waals surface area contributed by atoms with Crippen LogP contribution in [0.1, 0.15) is 26.2 Å². The predicted molar refractivity (Wildman–Crippen MR) is 138 cm³/mol. The zero-order valence-corrected chi connectivity index (χ0v) is 22.6. The second-order valence-electron chi connectivity index (χ2n) is 9.65. The molecule has 200 valence electrons. The van der Waals surface area contributed by atoms with Gasteiger partial charge in [0.15, 0.2) is 0 Å². The normalized spacial score (nSPS) is 20.2. The van der Waals surface area contributed by atoms with E-state index in [9.17, 15) is 22.8 Å². The van der Waals surface area contributed by atoms with E-state index in [1.807, 2.05) is 14.1 Å². The number of sulfonamides is 1. The van der Waals surface area contributed by atoms with Gasteiger partial charge in [-0.2, -0.15) is 0 Å². The van der Waals surface area contributed by atoms with E-state index in [2.05, 4.69) is 4.90 Å². The molecule has 37 heavy (non-hydrogen) atoms. The summed E-state index contributed by atoms with van der Waals surface area (Å²) < 4.78 is 27.4. The van der Waals surface area contributed by atoms with Crippen LogP contribution in [0.3, 0.4) is 0 Å². The molecule has 1 unspecified atom stereocenters. The molecule has 0 spiro atoms.